The van der Waals surface area contributed by atoms with Gasteiger partial charge in [0.1, 0.15) is 24.1 Å². The Morgan fingerprint density at radius 1 is 1.27 bits per heavy atom. The third kappa shape index (κ3) is 5.11. The van der Waals surface area contributed by atoms with E-state index in [1.54, 1.807) is 6.08 Å². The number of methoxy groups -OCH3 is 1. The SMILES string of the molecule is C=C(OC)/C(=C\C(=C/N)c1ccc2ncnc(N3CCC(F)CC3)c2c1)NS(=O)(=O)C1CC1. The van der Waals surface area contributed by atoms with E-state index in [0.29, 0.717) is 44.3 Å². The molecule has 2 fully saturated rings. The Labute approximate surface area is 193 Å². The minimum absolute atomic E-state index is 0.178. The maximum Gasteiger partial charge on any atom is 0.235 e. The number of benzene rings is 1. The number of fused-ring (bicyclic) bond motifs is 1. The Balaban J connectivity index is 1.71. The molecule has 1 aromatic heterocycles. The molecule has 4 rings (SSSR count). The molecule has 1 saturated carbocycles. The zero-order chi connectivity index (χ0) is 23.6. The first kappa shape index (κ1) is 23.0. The summed E-state index contributed by atoms with van der Waals surface area (Å²) in [6, 6.07) is 5.61. The molecule has 176 valence electrons. The van der Waals surface area contributed by atoms with Gasteiger partial charge < -0.3 is 15.4 Å². The molecular weight excluding hydrogens is 445 g/mol. The first-order chi connectivity index (χ1) is 15.8. The minimum atomic E-state index is -3.52. The van der Waals surface area contributed by atoms with Crippen LogP contribution in [-0.2, 0) is 14.8 Å². The number of halogens is 1. The zero-order valence-corrected chi connectivity index (χ0v) is 19.3. The Kier molecular flexibility index (Phi) is 6.55. The third-order valence-corrected chi connectivity index (χ3v) is 7.77. The van der Waals surface area contributed by atoms with Crippen LogP contribution in [0.3, 0.4) is 0 Å². The van der Waals surface area contributed by atoms with Crippen LogP contribution in [0.2, 0.25) is 0 Å². The molecule has 0 atom stereocenters. The van der Waals surface area contributed by atoms with Crippen molar-refractivity contribution < 1.29 is 17.5 Å². The summed E-state index contributed by atoms with van der Waals surface area (Å²) in [6.45, 7) is 4.97. The summed E-state index contributed by atoms with van der Waals surface area (Å²) in [5.41, 5.74) is 8.22. The van der Waals surface area contributed by atoms with E-state index in [-0.39, 0.29) is 11.5 Å². The standard InChI is InChI=1S/C23H28FN5O3S/c1-15(32-2)22(28-33(30,31)19-4-5-19)12-17(13-25)16-3-6-21-20(11-16)23(27-14-26-21)29-9-7-18(24)8-10-29/h3,6,11-14,18-19,28H,1,4-5,7-10,25H2,2H3/b17-13+,22-12+. The lowest BCUT2D eigenvalue weighted by molar-refractivity contribution is 0.277. The van der Waals surface area contributed by atoms with Crippen LogP contribution in [0.4, 0.5) is 10.2 Å². The summed E-state index contributed by atoms with van der Waals surface area (Å²) in [7, 11) is -2.10. The Morgan fingerprint density at radius 2 is 2.00 bits per heavy atom. The molecule has 0 bridgehead atoms. The molecule has 8 nitrogen and oxygen atoms in total. The number of ether oxygens (including phenoxy) is 1. The van der Waals surface area contributed by atoms with Crippen molar-refractivity contribution >= 4 is 32.3 Å². The van der Waals surface area contributed by atoms with Crippen LogP contribution in [0.15, 0.2) is 54.8 Å². The van der Waals surface area contributed by atoms with Crippen molar-refractivity contribution in [1.29, 1.82) is 0 Å². The molecule has 0 amide bonds. The normalized spacial score (nSPS) is 18.4. The van der Waals surface area contributed by atoms with Crippen LogP contribution in [-0.4, -0.2) is 50.0 Å². The summed E-state index contributed by atoms with van der Waals surface area (Å²) < 4.78 is 46.4. The zero-order valence-electron chi connectivity index (χ0n) is 18.5. The number of nitrogens with one attached hydrogen (secondary N) is 1. The van der Waals surface area contributed by atoms with Gasteiger partial charge in [0.15, 0.2) is 0 Å². The monoisotopic (exact) mass is 473 g/mol. The van der Waals surface area contributed by atoms with E-state index in [4.69, 9.17) is 10.5 Å². The second-order valence-electron chi connectivity index (χ2n) is 8.24. The summed E-state index contributed by atoms with van der Waals surface area (Å²) in [5.74, 6) is 0.919. The summed E-state index contributed by atoms with van der Waals surface area (Å²) >= 11 is 0. The van der Waals surface area contributed by atoms with Gasteiger partial charge in [-0.15, -0.1) is 0 Å². The predicted octanol–water partition coefficient (Wildman–Crippen LogP) is 2.99. The molecule has 10 heteroatoms. The fourth-order valence-electron chi connectivity index (χ4n) is 3.81. The highest BCUT2D eigenvalue weighted by Gasteiger charge is 2.36. The van der Waals surface area contributed by atoms with Gasteiger partial charge in [0.2, 0.25) is 10.0 Å². The molecule has 1 aliphatic carbocycles. The number of piperidine rings is 1. The van der Waals surface area contributed by atoms with Crippen molar-refractivity contribution in [3.8, 4) is 0 Å². The van der Waals surface area contributed by atoms with E-state index < -0.39 is 21.4 Å². The average molecular weight is 474 g/mol. The van der Waals surface area contributed by atoms with Crippen molar-refractivity contribution in [2.45, 2.75) is 37.1 Å². The second kappa shape index (κ2) is 9.38. The van der Waals surface area contributed by atoms with E-state index in [1.165, 1.54) is 19.6 Å². The maximum absolute atomic E-state index is 13.6. The molecule has 2 aliphatic rings. The summed E-state index contributed by atoms with van der Waals surface area (Å²) in [5, 5.41) is 0.412. The van der Waals surface area contributed by atoms with Gasteiger partial charge in [0.25, 0.3) is 0 Å². The van der Waals surface area contributed by atoms with Crippen molar-refractivity contribution in [3.05, 3.63) is 60.4 Å². The molecule has 2 aromatic rings. The van der Waals surface area contributed by atoms with Crippen LogP contribution in [0, 0.1) is 0 Å². The Hall–Kier alpha value is -3.14. The first-order valence-corrected chi connectivity index (χ1v) is 12.4. The minimum Gasteiger partial charge on any atom is -0.495 e. The number of sulfonamides is 1. The number of hydrogen-bond donors (Lipinski definition) is 2. The van der Waals surface area contributed by atoms with Crippen LogP contribution < -0.4 is 15.4 Å². The lowest BCUT2D eigenvalue weighted by Gasteiger charge is -2.30. The average Bonchev–Trinajstić information content (AvgIpc) is 3.67. The lowest BCUT2D eigenvalue weighted by atomic mass is 10.0. The van der Waals surface area contributed by atoms with Crippen LogP contribution in [0.1, 0.15) is 31.2 Å². The van der Waals surface area contributed by atoms with Crippen LogP contribution in [0.5, 0.6) is 0 Å². The van der Waals surface area contributed by atoms with Gasteiger partial charge in [0.05, 0.1) is 23.6 Å². The molecule has 0 spiro atoms. The molecule has 0 radical (unpaired) electrons. The number of alkyl halides is 1. The predicted molar refractivity (Wildman–Crippen MR) is 127 cm³/mol. The number of allylic oxidation sites excluding steroid dienone is 2. The van der Waals surface area contributed by atoms with Gasteiger partial charge in [-0.05, 0) is 55.0 Å². The smallest absolute Gasteiger partial charge is 0.235 e. The molecule has 1 aromatic carbocycles. The van der Waals surface area contributed by atoms with Crippen molar-refractivity contribution in [2.24, 2.45) is 5.73 Å². The van der Waals surface area contributed by atoms with Gasteiger partial charge in [-0.2, -0.15) is 0 Å². The molecule has 1 aliphatic heterocycles. The van der Waals surface area contributed by atoms with Crippen LogP contribution >= 0.6 is 0 Å². The molecule has 1 saturated heterocycles. The lowest BCUT2D eigenvalue weighted by Crippen LogP contribution is -2.35. The number of anilines is 1. The summed E-state index contributed by atoms with van der Waals surface area (Å²) in [6.07, 6.45) is 5.92. The second-order valence-corrected chi connectivity index (χ2v) is 10.2. The Morgan fingerprint density at radius 3 is 2.64 bits per heavy atom. The van der Waals surface area contributed by atoms with Crippen molar-refractivity contribution in [1.82, 2.24) is 14.7 Å². The van der Waals surface area contributed by atoms with Crippen LogP contribution in [0.25, 0.3) is 16.5 Å². The van der Waals surface area contributed by atoms with E-state index in [9.17, 15) is 12.8 Å². The molecular formula is C23H28FN5O3S. The molecule has 0 unspecified atom stereocenters. The van der Waals surface area contributed by atoms with Crippen molar-refractivity contribution in [3.63, 3.8) is 0 Å². The number of nitrogens with zero attached hydrogens (tertiary/aromatic N) is 3. The highest BCUT2D eigenvalue weighted by atomic mass is 32.2. The Bertz CT molecular complexity index is 1220. The topological polar surface area (TPSA) is 110 Å². The number of nitrogens with two attached hydrogens (primary N) is 1. The number of aromatic nitrogens is 2. The highest BCUT2D eigenvalue weighted by molar-refractivity contribution is 7.90. The van der Waals surface area contributed by atoms with E-state index in [1.807, 2.05) is 18.2 Å². The van der Waals surface area contributed by atoms with E-state index in [0.717, 1.165) is 22.3 Å². The number of hydrogen-bond acceptors (Lipinski definition) is 7. The molecule has 33 heavy (non-hydrogen) atoms. The summed E-state index contributed by atoms with van der Waals surface area (Å²) in [4.78, 5) is 10.9. The quantitative estimate of drug-likeness (QED) is 0.448. The van der Waals surface area contributed by atoms with Gasteiger partial charge in [0, 0.05) is 24.7 Å². The largest absolute Gasteiger partial charge is 0.495 e. The van der Waals surface area contributed by atoms with Gasteiger partial charge in [-0.1, -0.05) is 12.6 Å². The van der Waals surface area contributed by atoms with E-state index >= 15 is 0 Å². The fourth-order valence-corrected chi connectivity index (χ4v) is 5.21. The van der Waals surface area contributed by atoms with Gasteiger partial charge in [-0.3, -0.25) is 4.72 Å². The molecule has 2 heterocycles. The van der Waals surface area contributed by atoms with Crippen molar-refractivity contribution in [2.75, 3.05) is 25.1 Å². The van der Waals surface area contributed by atoms with Gasteiger partial charge in [-0.25, -0.2) is 22.8 Å². The maximum atomic E-state index is 13.6. The molecule has 3 N–H and O–H groups in total. The third-order valence-electron chi connectivity index (χ3n) is 5.91. The van der Waals surface area contributed by atoms with Gasteiger partial charge >= 0.3 is 0 Å². The van der Waals surface area contributed by atoms with E-state index in [2.05, 4.69) is 26.2 Å². The number of rotatable bonds is 8. The first-order valence-electron chi connectivity index (χ1n) is 10.8. The fraction of sp³-hybridized carbons (Fsp3) is 0.391. The highest BCUT2D eigenvalue weighted by Crippen LogP contribution is 2.31.